The Morgan fingerprint density at radius 2 is 1.97 bits per heavy atom. The summed E-state index contributed by atoms with van der Waals surface area (Å²) in [5.41, 5.74) is 2.96. The maximum absolute atomic E-state index is 14.0. The summed E-state index contributed by atoms with van der Waals surface area (Å²) in [7, 11) is 2.17. The van der Waals surface area contributed by atoms with E-state index in [4.69, 9.17) is 19.9 Å². The highest BCUT2D eigenvalue weighted by Gasteiger charge is 2.64. The summed E-state index contributed by atoms with van der Waals surface area (Å²) in [6, 6.07) is 6.29. The second-order valence-corrected chi connectivity index (χ2v) is 7.66. The molecule has 1 aromatic carbocycles. The number of carbonyl (C=O) groups excluding carboxylic acids is 4. The van der Waals surface area contributed by atoms with Crippen molar-refractivity contribution in [1.82, 2.24) is 0 Å². The molecule has 1 unspecified atom stereocenters. The van der Waals surface area contributed by atoms with E-state index < -0.39 is 52.8 Å². The molecule has 0 saturated heterocycles. The van der Waals surface area contributed by atoms with Gasteiger partial charge in [0, 0.05) is 10.0 Å². The Kier molecular flexibility index (Phi) is 6.46. The molecule has 2 aliphatic rings. The summed E-state index contributed by atoms with van der Waals surface area (Å²) < 4.78 is 20.5. The van der Waals surface area contributed by atoms with Crippen LogP contribution < -0.4 is 10.6 Å². The molecule has 3 rings (SSSR count). The third-order valence-corrected chi connectivity index (χ3v) is 5.61. The van der Waals surface area contributed by atoms with E-state index in [1.54, 1.807) is 13.0 Å². The van der Waals surface area contributed by atoms with Crippen molar-refractivity contribution in [3.05, 3.63) is 51.0 Å². The molecule has 172 valence electrons. The number of halogens is 1. The quantitative estimate of drug-likeness (QED) is 0.459. The lowest BCUT2D eigenvalue weighted by Gasteiger charge is -2.34. The van der Waals surface area contributed by atoms with E-state index in [2.05, 4.69) is 20.7 Å². The number of nitrogens with two attached hydrogens (primary N) is 1. The lowest BCUT2D eigenvalue weighted by Crippen LogP contribution is -2.50. The summed E-state index contributed by atoms with van der Waals surface area (Å²) >= 11 is 3.31. The number of esters is 2. The molecule has 0 fully saturated rings. The van der Waals surface area contributed by atoms with Crippen molar-refractivity contribution in [2.45, 2.75) is 18.8 Å². The topological polar surface area (TPSA) is 158 Å². The fourth-order valence-electron chi connectivity index (χ4n) is 3.84. The van der Waals surface area contributed by atoms with Crippen molar-refractivity contribution in [3.8, 4) is 6.07 Å². The Labute approximate surface area is 196 Å². The molecule has 0 aromatic heterocycles. The van der Waals surface area contributed by atoms with Crippen LogP contribution in [0.4, 0.5) is 10.5 Å². The fourth-order valence-corrected chi connectivity index (χ4v) is 4.20. The van der Waals surface area contributed by atoms with Crippen molar-refractivity contribution < 1.29 is 38.1 Å². The first-order valence-corrected chi connectivity index (χ1v) is 10.3. The number of benzene rings is 1. The molecule has 33 heavy (non-hydrogen) atoms. The number of anilines is 1. The van der Waals surface area contributed by atoms with Gasteiger partial charge in [-0.15, -0.1) is 0 Å². The zero-order chi connectivity index (χ0) is 24.5. The summed E-state index contributed by atoms with van der Waals surface area (Å²) in [6.07, 6.45) is -1.62. The van der Waals surface area contributed by atoms with Crippen LogP contribution in [0.5, 0.6) is 0 Å². The number of fused-ring (bicyclic) bond motifs is 2. The van der Waals surface area contributed by atoms with E-state index in [9.17, 15) is 24.4 Å². The molecule has 1 aromatic rings. The molecule has 11 nitrogen and oxygen atoms in total. The second-order valence-electron chi connectivity index (χ2n) is 6.75. The van der Waals surface area contributed by atoms with Gasteiger partial charge in [0.15, 0.2) is 5.41 Å². The van der Waals surface area contributed by atoms with E-state index in [1.807, 2.05) is 6.07 Å². The maximum atomic E-state index is 14.0. The third-order valence-electron chi connectivity index (χ3n) is 5.12. The highest BCUT2D eigenvalue weighted by Crippen LogP contribution is 2.55. The zero-order valence-electron chi connectivity index (χ0n) is 17.8. The molecule has 1 atom stereocenters. The van der Waals surface area contributed by atoms with E-state index in [0.29, 0.717) is 9.37 Å². The number of nitriles is 1. The van der Waals surface area contributed by atoms with E-state index >= 15 is 0 Å². The maximum Gasteiger partial charge on any atom is 0.421 e. The van der Waals surface area contributed by atoms with Crippen molar-refractivity contribution in [2.24, 2.45) is 5.73 Å². The van der Waals surface area contributed by atoms with Crippen molar-refractivity contribution in [3.63, 3.8) is 0 Å². The molecule has 0 radical (unpaired) electrons. The van der Waals surface area contributed by atoms with Crippen molar-refractivity contribution in [1.29, 1.82) is 5.26 Å². The predicted molar refractivity (Wildman–Crippen MR) is 114 cm³/mol. The number of carbonyl (C=O) groups is 4. The number of amides is 2. The second kappa shape index (κ2) is 8.95. The average molecular weight is 520 g/mol. The molecule has 0 saturated carbocycles. The minimum atomic E-state index is -2.24. The van der Waals surface area contributed by atoms with Crippen molar-refractivity contribution in [2.75, 3.05) is 25.7 Å². The van der Waals surface area contributed by atoms with Gasteiger partial charge in [0.2, 0.25) is 5.88 Å². The Balaban J connectivity index is 2.48. The van der Waals surface area contributed by atoms with E-state index in [1.165, 1.54) is 12.1 Å². The lowest BCUT2D eigenvalue weighted by atomic mass is 9.68. The number of nitrogens with zero attached hydrogens (tertiary/aromatic N) is 2. The number of rotatable bonds is 4. The molecule has 12 heteroatoms. The van der Waals surface area contributed by atoms with Crippen LogP contribution in [-0.4, -0.2) is 44.8 Å². The van der Waals surface area contributed by atoms with Gasteiger partial charge >= 0.3 is 18.0 Å². The normalized spacial score (nSPS) is 19.1. The Morgan fingerprint density at radius 3 is 2.55 bits per heavy atom. The molecule has 2 heterocycles. The predicted octanol–water partition coefficient (Wildman–Crippen LogP) is 1.90. The van der Waals surface area contributed by atoms with Crippen LogP contribution >= 0.6 is 15.9 Å². The van der Waals surface area contributed by atoms with Gasteiger partial charge in [-0.2, -0.15) is 5.26 Å². The van der Waals surface area contributed by atoms with Gasteiger partial charge in [-0.3, -0.25) is 9.59 Å². The first kappa shape index (κ1) is 23.8. The summed E-state index contributed by atoms with van der Waals surface area (Å²) in [5, 5.41) is 9.98. The largest absolute Gasteiger partial charge is 0.469 e. The van der Waals surface area contributed by atoms with Gasteiger partial charge in [0.05, 0.1) is 26.5 Å². The number of hydrogen-bond acceptors (Lipinski definition) is 10. The van der Waals surface area contributed by atoms with Crippen molar-refractivity contribution >= 4 is 45.6 Å². The van der Waals surface area contributed by atoms with Gasteiger partial charge in [-0.1, -0.05) is 15.9 Å². The standard InChI is InChI=1S/C21H18BrN3O8/c1-4-32-20(29)25-13-6-5-10(22)7-11(13)21(19(25)28)12(9-23)17(24)33-14(8-15(26)30-2)16(21)18(27)31-3/h5-7H,4,8,24H2,1-3H3. The van der Waals surface area contributed by atoms with Gasteiger partial charge in [-0.25, -0.2) is 14.5 Å². The Bertz CT molecular complexity index is 1180. The first-order chi connectivity index (χ1) is 15.7. The van der Waals surface area contributed by atoms with Crippen LogP contribution in [-0.2, 0) is 38.7 Å². The minimum Gasteiger partial charge on any atom is -0.469 e. The molecule has 0 aliphatic carbocycles. The number of methoxy groups -OCH3 is 2. The zero-order valence-corrected chi connectivity index (χ0v) is 19.3. The average Bonchev–Trinajstić information content (AvgIpc) is 3.02. The summed E-state index contributed by atoms with van der Waals surface area (Å²) in [4.78, 5) is 52.5. The molecular weight excluding hydrogens is 502 g/mol. The van der Waals surface area contributed by atoms with E-state index in [0.717, 1.165) is 14.2 Å². The van der Waals surface area contributed by atoms with Gasteiger partial charge < -0.3 is 24.7 Å². The summed E-state index contributed by atoms with van der Waals surface area (Å²) in [6.45, 7) is 1.51. The SMILES string of the molecule is CCOC(=O)N1C(=O)C2(C(C#N)=C(N)OC(CC(=O)OC)=C2C(=O)OC)c2cc(Br)ccc21. The highest BCUT2D eigenvalue weighted by atomic mass is 79.9. The fraction of sp³-hybridized carbons (Fsp3) is 0.286. The smallest absolute Gasteiger partial charge is 0.421 e. The van der Waals surface area contributed by atoms with Crippen LogP contribution in [0.3, 0.4) is 0 Å². The Morgan fingerprint density at radius 1 is 1.27 bits per heavy atom. The van der Waals surface area contributed by atoms with Crippen LogP contribution in [0, 0.1) is 11.3 Å². The number of hydrogen-bond donors (Lipinski definition) is 1. The minimum absolute atomic E-state index is 0.0407. The van der Waals surface area contributed by atoms with Gasteiger partial charge in [0.1, 0.15) is 29.4 Å². The number of imide groups is 1. The molecule has 0 bridgehead atoms. The van der Waals surface area contributed by atoms with Crippen LogP contribution in [0.25, 0.3) is 0 Å². The van der Waals surface area contributed by atoms with Crippen LogP contribution in [0.2, 0.25) is 0 Å². The highest BCUT2D eigenvalue weighted by molar-refractivity contribution is 9.10. The van der Waals surface area contributed by atoms with Crippen LogP contribution in [0.1, 0.15) is 18.9 Å². The molecule has 2 amide bonds. The van der Waals surface area contributed by atoms with E-state index in [-0.39, 0.29) is 23.6 Å². The first-order valence-electron chi connectivity index (χ1n) is 9.47. The lowest BCUT2D eigenvalue weighted by molar-refractivity contribution is -0.141. The van der Waals surface area contributed by atoms with Gasteiger partial charge in [0.25, 0.3) is 5.91 Å². The molecule has 2 N–H and O–H groups in total. The number of ether oxygens (including phenoxy) is 4. The molecule has 2 aliphatic heterocycles. The Hall–Kier alpha value is -3.85. The van der Waals surface area contributed by atoms with Crippen LogP contribution in [0.15, 0.2) is 45.5 Å². The summed E-state index contributed by atoms with van der Waals surface area (Å²) in [5.74, 6) is -3.76. The molecule has 1 spiro atoms. The van der Waals surface area contributed by atoms with Gasteiger partial charge in [-0.05, 0) is 25.1 Å². The molecular formula is C21H18BrN3O8. The third kappa shape index (κ3) is 3.50. The monoisotopic (exact) mass is 519 g/mol.